The third-order valence-electron chi connectivity index (χ3n) is 6.93. The molecule has 0 radical (unpaired) electrons. The smallest absolute Gasteiger partial charge is 0.365 e. The first-order chi connectivity index (χ1) is 18.7. The molecule has 8 nitrogen and oxygen atoms in total. The Labute approximate surface area is 239 Å². The Bertz CT molecular complexity index is 1370. The summed E-state index contributed by atoms with van der Waals surface area (Å²) in [6.45, 7) is 4.23. The van der Waals surface area contributed by atoms with Crippen molar-refractivity contribution in [2.24, 2.45) is 5.92 Å². The minimum atomic E-state index is -4.94. The molecule has 1 aliphatic rings. The van der Waals surface area contributed by atoms with Gasteiger partial charge in [-0.05, 0) is 58.4 Å². The zero-order valence-electron chi connectivity index (χ0n) is 22.9. The molecule has 0 bridgehead atoms. The van der Waals surface area contributed by atoms with Crippen LogP contribution >= 0.6 is 11.6 Å². The Balaban J connectivity index is 1.87. The molecule has 16 heteroatoms. The van der Waals surface area contributed by atoms with Crippen LogP contribution in [0.1, 0.15) is 68.9 Å². The molecule has 1 saturated carbocycles. The predicted molar refractivity (Wildman–Crippen MR) is 142 cm³/mol. The molecule has 1 amide bonds. The van der Waals surface area contributed by atoms with Crippen LogP contribution < -0.4 is 10.6 Å². The zero-order valence-corrected chi connectivity index (χ0v) is 24.5. The first-order valence-corrected chi connectivity index (χ1v) is 15.2. The van der Waals surface area contributed by atoms with E-state index >= 15 is 0 Å². The fourth-order valence-corrected chi connectivity index (χ4v) is 6.45. The monoisotopic (exact) mass is 631 g/mol. The van der Waals surface area contributed by atoms with Gasteiger partial charge in [0.05, 0.1) is 28.0 Å². The molecule has 1 aliphatic carbocycles. The van der Waals surface area contributed by atoms with E-state index in [9.17, 15) is 39.6 Å². The molecule has 2 heterocycles. The Morgan fingerprint density at radius 3 is 2.24 bits per heavy atom. The molecule has 0 aliphatic heterocycles. The van der Waals surface area contributed by atoms with E-state index in [4.69, 9.17) is 11.6 Å². The summed E-state index contributed by atoms with van der Waals surface area (Å²) in [4.78, 5) is 16.9. The number of sulfone groups is 1. The van der Waals surface area contributed by atoms with Gasteiger partial charge in [-0.3, -0.25) is 9.48 Å². The summed E-state index contributed by atoms with van der Waals surface area (Å²) >= 11 is 6.42. The number of nitrogens with one attached hydrogen (secondary N) is 2. The molecule has 2 N–H and O–H groups in total. The number of hydrogen-bond donors (Lipinski definition) is 2. The average molecular weight is 632 g/mol. The maximum absolute atomic E-state index is 14.2. The summed E-state index contributed by atoms with van der Waals surface area (Å²) < 4.78 is 106. The molecule has 1 fully saturated rings. The second kappa shape index (κ2) is 12.0. The van der Waals surface area contributed by atoms with Crippen molar-refractivity contribution in [3.8, 4) is 11.3 Å². The number of aromatic nitrogens is 3. The lowest BCUT2D eigenvalue weighted by Gasteiger charge is -2.28. The highest BCUT2D eigenvalue weighted by molar-refractivity contribution is 7.91. The molecule has 3 rings (SSSR count). The van der Waals surface area contributed by atoms with E-state index < -0.39 is 62.3 Å². The summed E-state index contributed by atoms with van der Waals surface area (Å²) in [5.74, 6) is -1.11. The second-order valence-electron chi connectivity index (χ2n) is 10.9. The molecule has 0 atom stereocenters. The fourth-order valence-electron chi connectivity index (χ4n) is 5.00. The van der Waals surface area contributed by atoms with Gasteiger partial charge in [-0.1, -0.05) is 11.6 Å². The van der Waals surface area contributed by atoms with Crippen LogP contribution in [-0.2, 0) is 22.6 Å². The van der Waals surface area contributed by atoms with Gasteiger partial charge in [0.2, 0.25) is 0 Å². The SMILES string of the molecule is CCn1nc(C(=O)NC[C@H]2CC[C@H](S(C)(=O)=O)CC2)c(Cl)c1-c1cnc(NC(C)(C)CC(F)(F)F)cc1C(F)(F)F. The maximum Gasteiger partial charge on any atom is 0.417 e. The van der Waals surface area contributed by atoms with Crippen molar-refractivity contribution in [3.05, 3.63) is 28.5 Å². The minimum absolute atomic E-state index is 0.0196. The van der Waals surface area contributed by atoms with Gasteiger partial charge in [0.15, 0.2) is 5.69 Å². The van der Waals surface area contributed by atoms with E-state index in [1.54, 1.807) is 6.92 Å². The third-order valence-corrected chi connectivity index (χ3v) is 8.97. The normalized spacial score (nSPS) is 18.8. The van der Waals surface area contributed by atoms with E-state index in [2.05, 4.69) is 20.7 Å². The number of pyridine rings is 1. The lowest BCUT2D eigenvalue weighted by molar-refractivity contribution is -0.143. The molecule has 0 aromatic carbocycles. The maximum atomic E-state index is 14.2. The van der Waals surface area contributed by atoms with Gasteiger partial charge in [-0.25, -0.2) is 13.4 Å². The van der Waals surface area contributed by atoms with Gasteiger partial charge in [-0.2, -0.15) is 31.4 Å². The summed E-state index contributed by atoms with van der Waals surface area (Å²) in [6.07, 6.45) is -6.66. The number of anilines is 1. The van der Waals surface area contributed by atoms with Crippen molar-refractivity contribution in [3.63, 3.8) is 0 Å². The summed E-state index contributed by atoms with van der Waals surface area (Å²) in [5.41, 5.74) is -3.87. The van der Waals surface area contributed by atoms with E-state index in [0.717, 1.165) is 10.9 Å². The molecule has 0 saturated heterocycles. The quantitative estimate of drug-likeness (QED) is 0.324. The molecule has 0 spiro atoms. The number of nitrogens with zero attached hydrogens (tertiary/aromatic N) is 3. The van der Waals surface area contributed by atoms with E-state index in [1.807, 2.05) is 0 Å². The van der Waals surface area contributed by atoms with Gasteiger partial charge >= 0.3 is 12.4 Å². The highest BCUT2D eigenvalue weighted by Gasteiger charge is 2.39. The van der Waals surface area contributed by atoms with Crippen molar-refractivity contribution in [2.75, 3.05) is 18.1 Å². The van der Waals surface area contributed by atoms with Crippen LogP contribution in [0.15, 0.2) is 12.3 Å². The number of carbonyl (C=O) groups excluding carboxylic acids is 1. The van der Waals surface area contributed by atoms with Crippen molar-refractivity contribution in [2.45, 2.75) is 82.6 Å². The highest BCUT2D eigenvalue weighted by atomic mass is 35.5. The van der Waals surface area contributed by atoms with Crippen molar-refractivity contribution < 1.29 is 39.6 Å². The Morgan fingerprint density at radius 1 is 1.12 bits per heavy atom. The molecular formula is C25H32ClF6N5O3S. The van der Waals surface area contributed by atoms with Crippen LogP contribution in [0.5, 0.6) is 0 Å². The van der Waals surface area contributed by atoms with Crippen molar-refractivity contribution in [1.29, 1.82) is 0 Å². The van der Waals surface area contributed by atoms with Gasteiger partial charge in [-0.15, -0.1) is 0 Å². The fraction of sp³-hybridized carbons (Fsp3) is 0.640. The number of carbonyl (C=O) groups is 1. The van der Waals surface area contributed by atoms with E-state index in [0.29, 0.717) is 31.7 Å². The highest BCUT2D eigenvalue weighted by Crippen LogP contribution is 2.42. The van der Waals surface area contributed by atoms with Crippen LogP contribution in [0.3, 0.4) is 0 Å². The van der Waals surface area contributed by atoms with Crippen LogP contribution in [-0.4, -0.2) is 58.9 Å². The van der Waals surface area contributed by atoms with Gasteiger partial charge in [0, 0.05) is 36.6 Å². The number of alkyl halides is 6. The first kappa shape index (κ1) is 33.0. The minimum Gasteiger partial charge on any atom is -0.365 e. The predicted octanol–water partition coefficient (Wildman–Crippen LogP) is 6.11. The zero-order chi connectivity index (χ0) is 31.0. The number of halogens is 7. The Hall–Kier alpha value is -2.55. The first-order valence-electron chi connectivity index (χ1n) is 12.9. The molecule has 2 aromatic rings. The summed E-state index contributed by atoms with van der Waals surface area (Å²) in [6, 6.07) is 0.601. The second-order valence-corrected chi connectivity index (χ2v) is 13.6. The largest absolute Gasteiger partial charge is 0.417 e. The summed E-state index contributed by atoms with van der Waals surface area (Å²) in [7, 11) is -3.15. The van der Waals surface area contributed by atoms with Crippen LogP contribution in [0.25, 0.3) is 11.3 Å². The topological polar surface area (TPSA) is 106 Å². The van der Waals surface area contributed by atoms with Crippen LogP contribution in [0.4, 0.5) is 32.2 Å². The Morgan fingerprint density at radius 2 is 1.73 bits per heavy atom. The Kier molecular flexibility index (Phi) is 9.63. The molecular weight excluding hydrogens is 600 g/mol. The average Bonchev–Trinajstić information content (AvgIpc) is 3.16. The van der Waals surface area contributed by atoms with Crippen molar-refractivity contribution in [1.82, 2.24) is 20.1 Å². The van der Waals surface area contributed by atoms with E-state index in [-0.39, 0.29) is 35.4 Å². The van der Waals surface area contributed by atoms with E-state index in [1.165, 1.54) is 20.1 Å². The van der Waals surface area contributed by atoms with Crippen LogP contribution in [0, 0.1) is 5.92 Å². The number of amides is 1. The standard InChI is InChI=1S/C25H32ClF6N5O3S/c1-5-37-21(16-12-33-18(10-17(16)25(30,31)32)35-23(2,3)13-24(27,28)29)19(26)20(36-37)22(38)34-11-14-6-8-15(9-7-14)41(4,39)40/h10,12,14-15H,5-9,11,13H2,1-4H3,(H,33,35)(H,34,38)/t14-,15-. The number of rotatable bonds is 9. The lowest BCUT2D eigenvalue weighted by atomic mass is 9.89. The van der Waals surface area contributed by atoms with Crippen molar-refractivity contribution >= 4 is 33.2 Å². The van der Waals surface area contributed by atoms with Gasteiger partial charge < -0.3 is 10.6 Å². The molecule has 230 valence electrons. The number of hydrogen-bond acceptors (Lipinski definition) is 6. The molecule has 2 aromatic heterocycles. The number of aryl methyl sites for hydroxylation is 1. The molecule has 41 heavy (non-hydrogen) atoms. The molecule has 0 unspecified atom stereocenters. The van der Waals surface area contributed by atoms with Gasteiger partial charge in [0.25, 0.3) is 5.91 Å². The summed E-state index contributed by atoms with van der Waals surface area (Å²) in [5, 5.41) is 8.46. The third kappa shape index (κ3) is 8.49. The lowest BCUT2D eigenvalue weighted by Crippen LogP contribution is -2.36. The van der Waals surface area contributed by atoms with Crippen LogP contribution in [0.2, 0.25) is 5.02 Å². The van der Waals surface area contributed by atoms with Gasteiger partial charge in [0.1, 0.15) is 15.7 Å².